The Morgan fingerprint density at radius 2 is 1.74 bits per heavy atom. The summed E-state index contributed by atoms with van der Waals surface area (Å²) in [4.78, 5) is 0.938. The van der Waals surface area contributed by atoms with Crippen LogP contribution < -0.4 is 5.90 Å². The molecule has 0 aliphatic heterocycles. The lowest BCUT2D eigenvalue weighted by atomic mass is 10.1. The maximum Gasteiger partial charge on any atom is 0.394 e. The lowest BCUT2D eigenvalue weighted by Gasteiger charge is -2.08. The molecule has 0 saturated carbocycles. The van der Waals surface area contributed by atoms with Gasteiger partial charge >= 0.3 is 6.18 Å². The van der Waals surface area contributed by atoms with E-state index in [0.29, 0.717) is 0 Å². The molecule has 0 unspecified atom stereocenters. The fourth-order valence-electron chi connectivity index (χ4n) is 1.17. The minimum absolute atomic E-state index is 0. The highest BCUT2D eigenvalue weighted by Gasteiger charge is 2.30. The summed E-state index contributed by atoms with van der Waals surface area (Å²) in [5.41, 5.74) is -0.0993. The zero-order chi connectivity index (χ0) is 14.2. The third kappa shape index (κ3) is 7.93. The summed E-state index contributed by atoms with van der Waals surface area (Å²) in [6.45, 7) is 0. The molecule has 0 fully saturated rings. The van der Waals surface area contributed by atoms with Crippen LogP contribution in [0.1, 0.15) is 12.0 Å². The second-order valence-corrected chi connectivity index (χ2v) is 3.95. The normalized spacial score (nSPS) is 11.2. The van der Waals surface area contributed by atoms with Crippen LogP contribution in [0.5, 0.6) is 0 Å². The molecule has 0 saturated heterocycles. The summed E-state index contributed by atoms with van der Waals surface area (Å²) in [5, 5.41) is 17.7. The molecule has 1 rings (SSSR count). The number of hydrogen-bond acceptors (Lipinski definition) is 5. The van der Waals surface area contributed by atoms with Gasteiger partial charge in [0.05, 0.1) is 12.1 Å². The van der Waals surface area contributed by atoms with Crippen LogP contribution in [0.3, 0.4) is 0 Å². The van der Waals surface area contributed by atoms with Gasteiger partial charge in [-0.1, -0.05) is 17.3 Å². The average Bonchev–Trinajstić information content (AvgIpc) is 2.37. The van der Waals surface area contributed by atoms with Gasteiger partial charge in [0.15, 0.2) is 0 Å². The van der Waals surface area contributed by atoms with Crippen molar-refractivity contribution in [3.63, 3.8) is 0 Å². The first kappa shape index (κ1) is 20.4. The Morgan fingerprint density at radius 1 is 1.26 bits per heavy atom. The van der Waals surface area contributed by atoms with E-state index in [1.807, 2.05) is 6.26 Å². The molecule has 0 aliphatic carbocycles. The van der Waals surface area contributed by atoms with Gasteiger partial charge in [0.2, 0.25) is 0 Å². The zero-order valence-electron chi connectivity index (χ0n) is 9.89. The summed E-state index contributed by atoms with van der Waals surface area (Å²) >= 11 is 1.49. The van der Waals surface area contributed by atoms with Crippen molar-refractivity contribution in [1.29, 1.82) is 0 Å². The molecule has 0 bridgehead atoms. The number of alkyl halides is 3. The first-order valence-electron chi connectivity index (χ1n) is 4.64. The highest BCUT2D eigenvalue weighted by molar-refractivity contribution is 7.98. The number of oxime groups is 1. The minimum Gasteiger partial charge on any atom is -0.411 e. The average molecular weight is 319 g/mol. The van der Waals surface area contributed by atoms with Crippen LogP contribution in [0, 0.1) is 0 Å². The van der Waals surface area contributed by atoms with Gasteiger partial charge in [-0.3, -0.25) is 0 Å². The van der Waals surface area contributed by atoms with Gasteiger partial charge in [-0.15, -0.1) is 24.2 Å². The number of thioether (sulfide) groups is 1. The summed E-state index contributed by atoms with van der Waals surface area (Å²) in [5.74, 6) is 3.50. The Kier molecular flexibility index (Phi) is 10.6. The van der Waals surface area contributed by atoms with Gasteiger partial charge in [0, 0.05) is 4.90 Å². The molecule has 4 N–H and O–H groups in total. The third-order valence-corrected chi connectivity index (χ3v) is 2.66. The van der Waals surface area contributed by atoms with Crippen molar-refractivity contribution < 1.29 is 23.6 Å². The van der Waals surface area contributed by atoms with Gasteiger partial charge in [-0.2, -0.15) is 13.2 Å². The molecule has 1 aromatic carbocycles. The molecular weight excluding hydrogens is 305 g/mol. The van der Waals surface area contributed by atoms with E-state index in [2.05, 4.69) is 11.1 Å². The molecule has 9 heteroatoms. The number of halogens is 4. The molecule has 0 aromatic heterocycles. The second kappa shape index (κ2) is 9.90. The van der Waals surface area contributed by atoms with E-state index in [-0.39, 0.29) is 23.7 Å². The molecule has 19 heavy (non-hydrogen) atoms. The molecule has 0 radical (unpaired) electrons. The van der Waals surface area contributed by atoms with Crippen LogP contribution >= 0.6 is 24.2 Å². The summed E-state index contributed by atoms with van der Waals surface area (Å²) < 4.78 is 36.4. The maximum absolute atomic E-state index is 12.1. The molecule has 0 aliphatic rings. The van der Waals surface area contributed by atoms with Crippen molar-refractivity contribution in [3.05, 3.63) is 29.8 Å². The van der Waals surface area contributed by atoms with E-state index in [1.165, 1.54) is 23.9 Å². The molecule has 1 aromatic rings. The fourth-order valence-corrected chi connectivity index (χ4v) is 1.58. The van der Waals surface area contributed by atoms with Gasteiger partial charge < -0.3 is 10.4 Å². The number of rotatable bonds is 3. The van der Waals surface area contributed by atoms with Gasteiger partial charge in [0.1, 0.15) is 0 Å². The summed E-state index contributed by atoms with van der Waals surface area (Å²) in [6, 6.07) is 6.38. The summed E-state index contributed by atoms with van der Waals surface area (Å²) in [7, 11) is 0. The molecule has 110 valence electrons. The fraction of sp³-hybridized carbons (Fsp3) is 0.300. The predicted molar refractivity (Wildman–Crippen MR) is 70.4 cm³/mol. The van der Waals surface area contributed by atoms with Crippen LogP contribution in [0.25, 0.3) is 0 Å². The van der Waals surface area contributed by atoms with Crippen molar-refractivity contribution in [2.45, 2.75) is 17.5 Å². The number of nitrogens with two attached hydrogens (primary N) is 1. The second-order valence-electron chi connectivity index (χ2n) is 3.07. The molecule has 4 nitrogen and oxygen atoms in total. The third-order valence-electron chi connectivity index (χ3n) is 1.91. The highest BCUT2D eigenvalue weighted by Crippen LogP contribution is 2.23. The molecule has 0 heterocycles. The lowest BCUT2D eigenvalue weighted by molar-refractivity contribution is -0.121. The molecular formula is C10H14ClF3N2O2S. The van der Waals surface area contributed by atoms with Crippen LogP contribution in [-0.4, -0.2) is 28.6 Å². The standard InChI is InChI=1S/C10H10F3NOS.ClH.H3NO/c1-16-8-4-2-7(3-5-8)9(14-15)6-10(11,12)13;;1-2/h2-5,15H,6H2,1H3;1H;2H,1H2. The van der Waals surface area contributed by atoms with E-state index in [4.69, 9.17) is 10.4 Å². The molecule has 0 atom stereocenters. The number of hydrogen-bond donors (Lipinski definition) is 3. The zero-order valence-corrected chi connectivity index (χ0v) is 11.5. The highest BCUT2D eigenvalue weighted by atomic mass is 35.5. The van der Waals surface area contributed by atoms with Gasteiger partial charge in [-0.25, -0.2) is 5.90 Å². The van der Waals surface area contributed by atoms with Gasteiger partial charge in [0.25, 0.3) is 0 Å². The Hall–Kier alpha value is -0.960. The molecule has 0 spiro atoms. The van der Waals surface area contributed by atoms with Gasteiger partial charge in [-0.05, 0) is 24.0 Å². The van der Waals surface area contributed by atoms with Crippen LogP contribution in [0.4, 0.5) is 13.2 Å². The Bertz CT molecular complexity index is 385. The largest absolute Gasteiger partial charge is 0.411 e. The van der Waals surface area contributed by atoms with E-state index in [1.54, 1.807) is 12.1 Å². The molecule has 0 amide bonds. The van der Waals surface area contributed by atoms with E-state index in [9.17, 15) is 13.2 Å². The Balaban J connectivity index is 0. The van der Waals surface area contributed by atoms with Crippen molar-refractivity contribution in [2.75, 3.05) is 6.26 Å². The predicted octanol–water partition coefficient (Wildman–Crippen LogP) is 3.30. The van der Waals surface area contributed by atoms with Crippen LogP contribution in [-0.2, 0) is 0 Å². The van der Waals surface area contributed by atoms with Crippen molar-refractivity contribution in [1.82, 2.24) is 0 Å². The van der Waals surface area contributed by atoms with Crippen molar-refractivity contribution >= 4 is 29.9 Å². The number of nitrogens with zero attached hydrogens (tertiary/aromatic N) is 1. The van der Waals surface area contributed by atoms with E-state index >= 15 is 0 Å². The van der Waals surface area contributed by atoms with Crippen molar-refractivity contribution in [3.8, 4) is 0 Å². The Labute approximate surface area is 118 Å². The topological polar surface area (TPSA) is 78.8 Å². The Morgan fingerprint density at radius 3 is 2.05 bits per heavy atom. The maximum atomic E-state index is 12.1. The van der Waals surface area contributed by atoms with Crippen molar-refractivity contribution in [2.24, 2.45) is 11.1 Å². The smallest absolute Gasteiger partial charge is 0.394 e. The number of benzene rings is 1. The van der Waals surface area contributed by atoms with E-state index < -0.39 is 12.6 Å². The monoisotopic (exact) mass is 318 g/mol. The SMILES string of the molecule is CSc1ccc(C(CC(F)(F)F)=NO)cc1.Cl.NO. The minimum atomic E-state index is -4.38. The quantitative estimate of drug-likeness (QED) is 0.346. The first-order chi connectivity index (χ1) is 8.46. The van der Waals surface area contributed by atoms with Crippen LogP contribution in [0.2, 0.25) is 0 Å². The van der Waals surface area contributed by atoms with Crippen LogP contribution in [0.15, 0.2) is 34.3 Å². The first-order valence-corrected chi connectivity index (χ1v) is 5.86. The lowest BCUT2D eigenvalue weighted by Crippen LogP contribution is -2.15. The summed E-state index contributed by atoms with van der Waals surface area (Å²) in [6.07, 6.45) is -3.74. The van der Waals surface area contributed by atoms with E-state index in [0.717, 1.165) is 4.90 Å².